The maximum atomic E-state index is 13.5. The standard InChI is InChI=1S/C12H8ClFN4/c13-8-3-2-7(6-9(8)14)10-11(15)17-18-5-1-4-16-12(10)18/h1-6H,(H2,15,17). The number of nitrogens with two attached hydrogens (primary N) is 1. The normalized spacial score (nSPS) is 11.0. The average Bonchev–Trinajstić information content (AvgIpc) is 2.69. The van der Waals surface area contributed by atoms with Crippen molar-refractivity contribution in [2.75, 3.05) is 5.73 Å². The predicted molar refractivity (Wildman–Crippen MR) is 67.8 cm³/mol. The van der Waals surface area contributed by atoms with E-state index in [9.17, 15) is 4.39 Å². The van der Waals surface area contributed by atoms with Crippen molar-refractivity contribution in [2.45, 2.75) is 0 Å². The second-order valence-corrected chi connectivity index (χ2v) is 4.18. The summed E-state index contributed by atoms with van der Waals surface area (Å²) in [5.41, 5.74) is 7.63. The van der Waals surface area contributed by atoms with Crippen molar-refractivity contribution in [3.8, 4) is 11.1 Å². The molecule has 6 heteroatoms. The van der Waals surface area contributed by atoms with Crippen LogP contribution in [-0.4, -0.2) is 14.6 Å². The van der Waals surface area contributed by atoms with Gasteiger partial charge in [-0.15, -0.1) is 5.10 Å². The van der Waals surface area contributed by atoms with E-state index >= 15 is 0 Å². The van der Waals surface area contributed by atoms with Crippen LogP contribution in [0.2, 0.25) is 5.02 Å². The van der Waals surface area contributed by atoms with Crippen molar-refractivity contribution in [1.29, 1.82) is 0 Å². The molecule has 2 aromatic heterocycles. The van der Waals surface area contributed by atoms with Crippen molar-refractivity contribution in [3.05, 3.63) is 47.5 Å². The molecule has 0 aliphatic carbocycles. The monoisotopic (exact) mass is 262 g/mol. The Balaban J connectivity index is 2.30. The van der Waals surface area contributed by atoms with Gasteiger partial charge >= 0.3 is 0 Å². The Bertz CT molecular complexity index is 738. The van der Waals surface area contributed by atoms with E-state index in [0.717, 1.165) is 0 Å². The van der Waals surface area contributed by atoms with Crippen LogP contribution < -0.4 is 5.73 Å². The van der Waals surface area contributed by atoms with Gasteiger partial charge in [-0.2, -0.15) is 0 Å². The molecule has 0 atom stereocenters. The number of fused-ring (bicyclic) bond motifs is 1. The molecule has 18 heavy (non-hydrogen) atoms. The van der Waals surface area contributed by atoms with Crippen molar-refractivity contribution in [2.24, 2.45) is 0 Å². The molecule has 0 spiro atoms. The first-order valence-electron chi connectivity index (χ1n) is 5.21. The van der Waals surface area contributed by atoms with Crippen molar-refractivity contribution in [1.82, 2.24) is 14.6 Å². The second-order valence-electron chi connectivity index (χ2n) is 3.78. The van der Waals surface area contributed by atoms with Gasteiger partial charge in [0.25, 0.3) is 0 Å². The summed E-state index contributed by atoms with van der Waals surface area (Å²) in [6.07, 6.45) is 3.36. The van der Waals surface area contributed by atoms with Gasteiger partial charge in [-0.1, -0.05) is 17.7 Å². The van der Waals surface area contributed by atoms with Crippen molar-refractivity contribution >= 4 is 23.1 Å². The Hall–Kier alpha value is -2.14. The Morgan fingerprint density at radius 1 is 1.33 bits per heavy atom. The van der Waals surface area contributed by atoms with E-state index < -0.39 is 5.82 Å². The largest absolute Gasteiger partial charge is 0.382 e. The van der Waals surface area contributed by atoms with E-state index in [1.807, 2.05) is 0 Å². The number of rotatable bonds is 1. The van der Waals surface area contributed by atoms with Crippen LogP contribution in [0.25, 0.3) is 16.8 Å². The number of benzene rings is 1. The first-order chi connectivity index (χ1) is 8.66. The van der Waals surface area contributed by atoms with Crippen LogP contribution in [0.1, 0.15) is 0 Å². The Kier molecular flexibility index (Phi) is 2.41. The molecule has 90 valence electrons. The molecule has 0 amide bonds. The quantitative estimate of drug-likeness (QED) is 0.734. The first-order valence-corrected chi connectivity index (χ1v) is 5.59. The molecule has 0 bridgehead atoms. The number of aromatic nitrogens is 3. The van der Waals surface area contributed by atoms with Gasteiger partial charge in [-0.05, 0) is 23.8 Å². The van der Waals surface area contributed by atoms with E-state index in [2.05, 4.69) is 10.1 Å². The minimum Gasteiger partial charge on any atom is -0.382 e. The van der Waals surface area contributed by atoms with E-state index in [1.165, 1.54) is 12.1 Å². The number of hydrogen-bond acceptors (Lipinski definition) is 3. The highest BCUT2D eigenvalue weighted by Gasteiger charge is 2.14. The van der Waals surface area contributed by atoms with Gasteiger partial charge in [0.2, 0.25) is 0 Å². The van der Waals surface area contributed by atoms with E-state index in [-0.39, 0.29) is 5.02 Å². The number of nitrogen functional groups attached to an aromatic ring is 1. The van der Waals surface area contributed by atoms with E-state index in [1.54, 1.807) is 29.0 Å². The zero-order valence-corrected chi connectivity index (χ0v) is 9.89. The molecule has 0 aliphatic rings. The molecule has 0 fully saturated rings. The lowest BCUT2D eigenvalue weighted by Crippen LogP contribution is -1.89. The van der Waals surface area contributed by atoms with Crippen LogP contribution in [0, 0.1) is 5.82 Å². The van der Waals surface area contributed by atoms with Crippen LogP contribution in [0.4, 0.5) is 10.2 Å². The van der Waals surface area contributed by atoms with Gasteiger partial charge in [0, 0.05) is 12.4 Å². The minimum atomic E-state index is -0.496. The van der Waals surface area contributed by atoms with Crippen molar-refractivity contribution in [3.63, 3.8) is 0 Å². The molecule has 0 unspecified atom stereocenters. The summed E-state index contributed by atoms with van der Waals surface area (Å²) in [5.74, 6) is -0.195. The third-order valence-electron chi connectivity index (χ3n) is 2.63. The average molecular weight is 263 g/mol. The topological polar surface area (TPSA) is 56.2 Å². The maximum absolute atomic E-state index is 13.5. The number of halogens is 2. The third kappa shape index (κ3) is 1.60. The minimum absolute atomic E-state index is 0.0711. The zero-order chi connectivity index (χ0) is 12.7. The fourth-order valence-corrected chi connectivity index (χ4v) is 1.95. The molecule has 0 radical (unpaired) electrons. The predicted octanol–water partition coefficient (Wildman–Crippen LogP) is 2.77. The molecular formula is C12H8ClFN4. The maximum Gasteiger partial charge on any atom is 0.165 e. The first kappa shape index (κ1) is 11.0. The lowest BCUT2D eigenvalue weighted by atomic mass is 10.1. The molecule has 0 aliphatic heterocycles. The fraction of sp³-hybridized carbons (Fsp3) is 0. The molecule has 3 rings (SSSR count). The second kappa shape index (κ2) is 3.96. The summed E-state index contributed by atoms with van der Waals surface area (Å²) in [5, 5.41) is 4.19. The lowest BCUT2D eigenvalue weighted by molar-refractivity contribution is 0.629. The van der Waals surface area contributed by atoms with Crippen LogP contribution in [-0.2, 0) is 0 Å². The molecule has 1 aromatic carbocycles. The van der Waals surface area contributed by atoms with Crippen LogP contribution in [0.15, 0.2) is 36.7 Å². The summed E-state index contributed by atoms with van der Waals surface area (Å²) in [7, 11) is 0. The van der Waals surface area contributed by atoms with Gasteiger partial charge in [-0.25, -0.2) is 13.9 Å². The van der Waals surface area contributed by atoms with E-state index in [4.69, 9.17) is 17.3 Å². The zero-order valence-electron chi connectivity index (χ0n) is 9.14. The van der Waals surface area contributed by atoms with Gasteiger partial charge in [0.1, 0.15) is 5.82 Å². The number of hydrogen-bond donors (Lipinski definition) is 1. The summed E-state index contributed by atoms with van der Waals surface area (Å²) in [6.45, 7) is 0. The highest BCUT2D eigenvalue weighted by atomic mass is 35.5. The van der Waals surface area contributed by atoms with Gasteiger partial charge < -0.3 is 5.73 Å². The summed E-state index contributed by atoms with van der Waals surface area (Å²) in [4.78, 5) is 4.20. The van der Waals surface area contributed by atoms with Crippen LogP contribution >= 0.6 is 11.6 Å². The highest BCUT2D eigenvalue weighted by molar-refractivity contribution is 6.30. The van der Waals surface area contributed by atoms with Crippen LogP contribution in [0.3, 0.4) is 0 Å². The Labute approximate surface area is 107 Å². The molecule has 2 heterocycles. The highest BCUT2D eigenvalue weighted by Crippen LogP contribution is 2.30. The third-order valence-corrected chi connectivity index (χ3v) is 2.94. The van der Waals surface area contributed by atoms with Crippen molar-refractivity contribution < 1.29 is 4.39 Å². The molecule has 3 aromatic rings. The van der Waals surface area contributed by atoms with E-state index in [0.29, 0.717) is 22.6 Å². The van der Waals surface area contributed by atoms with Gasteiger partial charge in [0.05, 0.1) is 10.6 Å². The summed E-state index contributed by atoms with van der Waals surface area (Å²) < 4.78 is 15.0. The SMILES string of the molecule is Nc1nn2cccnc2c1-c1ccc(Cl)c(F)c1. The number of anilines is 1. The summed E-state index contributed by atoms with van der Waals surface area (Å²) in [6, 6.07) is 6.24. The fourth-order valence-electron chi connectivity index (χ4n) is 1.83. The molecular weight excluding hydrogens is 255 g/mol. The Morgan fingerprint density at radius 2 is 2.17 bits per heavy atom. The van der Waals surface area contributed by atoms with Gasteiger partial charge in [-0.3, -0.25) is 0 Å². The Morgan fingerprint density at radius 3 is 2.94 bits per heavy atom. The molecule has 2 N–H and O–H groups in total. The molecule has 0 saturated heterocycles. The number of nitrogens with zero attached hydrogens (tertiary/aromatic N) is 3. The smallest absolute Gasteiger partial charge is 0.165 e. The molecule has 4 nitrogen and oxygen atoms in total. The molecule has 0 saturated carbocycles. The van der Waals surface area contributed by atoms with Crippen LogP contribution in [0.5, 0.6) is 0 Å². The van der Waals surface area contributed by atoms with Gasteiger partial charge in [0.15, 0.2) is 11.5 Å². The lowest BCUT2D eigenvalue weighted by Gasteiger charge is -2.01. The summed E-state index contributed by atoms with van der Waals surface area (Å²) >= 11 is 5.66.